The Morgan fingerprint density at radius 2 is 1.56 bits per heavy atom. The lowest BCUT2D eigenvalue weighted by molar-refractivity contribution is -0.315. The molecule has 0 aromatic heterocycles. The summed E-state index contributed by atoms with van der Waals surface area (Å²) < 4.78 is 23.6. The summed E-state index contributed by atoms with van der Waals surface area (Å²) in [6.07, 6.45) is -3.89. The van der Waals surface area contributed by atoms with Crippen molar-refractivity contribution in [1.29, 1.82) is 0 Å². The number of hydrogen-bond acceptors (Lipinski definition) is 11. The molecule has 0 aromatic carbocycles. The molecule has 2 heterocycles. The van der Waals surface area contributed by atoms with E-state index < -0.39 is 71.2 Å². The van der Waals surface area contributed by atoms with E-state index in [9.17, 15) is 30.3 Å². The second-order valence-corrected chi connectivity index (χ2v) is 13.6. The molecule has 2 saturated heterocycles. The first kappa shape index (κ1) is 36.3. The second kappa shape index (κ2) is 13.4. The fourth-order valence-electron chi connectivity index (χ4n) is 6.75. The Balaban J connectivity index is 2.53. The molecular weight excluding hydrogens is 534 g/mol. The first-order valence-corrected chi connectivity index (χ1v) is 15.0. The molecule has 11 heteroatoms. The van der Waals surface area contributed by atoms with Crippen LogP contribution in [0.15, 0.2) is 0 Å². The number of methoxy groups -OCH3 is 1. The van der Waals surface area contributed by atoms with E-state index in [1.807, 2.05) is 18.7 Å². The van der Waals surface area contributed by atoms with Gasteiger partial charge in [-0.1, -0.05) is 20.8 Å². The highest BCUT2D eigenvalue weighted by Crippen LogP contribution is 2.39. The van der Waals surface area contributed by atoms with Gasteiger partial charge in [-0.15, -0.1) is 0 Å². The van der Waals surface area contributed by atoms with Crippen LogP contribution in [0.25, 0.3) is 0 Å². The molecule has 0 bridgehead atoms. The maximum absolute atomic E-state index is 13.6. The van der Waals surface area contributed by atoms with Gasteiger partial charge in [0.25, 0.3) is 0 Å². The van der Waals surface area contributed by atoms with Crippen LogP contribution in [0.4, 0.5) is 0 Å². The first-order valence-electron chi connectivity index (χ1n) is 15.0. The molecule has 242 valence electrons. The van der Waals surface area contributed by atoms with Crippen molar-refractivity contribution in [3.8, 4) is 0 Å². The Morgan fingerprint density at radius 3 is 2.10 bits per heavy atom. The minimum atomic E-state index is -2.40. The molecule has 2 aliphatic rings. The van der Waals surface area contributed by atoms with Gasteiger partial charge in [0.2, 0.25) is 5.79 Å². The molecule has 2 aliphatic heterocycles. The van der Waals surface area contributed by atoms with Gasteiger partial charge in [-0.05, 0) is 73.3 Å². The third-order valence-corrected chi connectivity index (χ3v) is 9.63. The van der Waals surface area contributed by atoms with Crippen molar-refractivity contribution in [1.82, 2.24) is 4.90 Å². The highest BCUT2D eigenvalue weighted by atomic mass is 16.7. The average Bonchev–Trinajstić information content (AvgIpc) is 2.87. The van der Waals surface area contributed by atoms with Crippen molar-refractivity contribution in [3.63, 3.8) is 0 Å². The molecule has 0 saturated carbocycles. The first-order chi connectivity index (χ1) is 18.6. The third-order valence-electron chi connectivity index (χ3n) is 9.63. The number of cyclic esters (lactones) is 1. The predicted octanol–water partition coefficient (Wildman–Crippen LogP) is 1.80. The topological polar surface area (TPSA) is 158 Å². The van der Waals surface area contributed by atoms with Crippen LogP contribution in [0, 0.1) is 17.8 Å². The summed E-state index contributed by atoms with van der Waals surface area (Å²) in [5, 5.41) is 56.3. The van der Waals surface area contributed by atoms with Crippen molar-refractivity contribution >= 4 is 5.97 Å². The van der Waals surface area contributed by atoms with Gasteiger partial charge in [-0.2, -0.15) is 0 Å². The van der Waals surface area contributed by atoms with Crippen LogP contribution in [-0.2, 0) is 23.7 Å². The van der Waals surface area contributed by atoms with E-state index in [2.05, 4.69) is 0 Å². The molecule has 0 spiro atoms. The van der Waals surface area contributed by atoms with E-state index in [1.54, 1.807) is 48.6 Å². The minimum Gasteiger partial charge on any atom is -0.430 e. The molecule has 13 atom stereocenters. The number of nitrogens with zero attached hydrogens (tertiary/aromatic N) is 1. The van der Waals surface area contributed by atoms with Gasteiger partial charge in [0.15, 0.2) is 11.9 Å². The smallest absolute Gasteiger partial charge is 0.313 e. The number of aliphatic hydroxyl groups excluding tert-OH is 2. The maximum atomic E-state index is 13.6. The lowest BCUT2D eigenvalue weighted by Gasteiger charge is -2.47. The minimum absolute atomic E-state index is 0.0121. The van der Waals surface area contributed by atoms with Crippen molar-refractivity contribution in [2.45, 2.75) is 147 Å². The van der Waals surface area contributed by atoms with Crippen LogP contribution in [0.3, 0.4) is 0 Å². The molecule has 0 amide bonds. The zero-order valence-electron chi connectivity index (χ0n) is 27.0. The summed E-state index contributed by atoms with van der Waals surface area (Å²) in [5.74, 6) is -4.55. The quantitative estimate of drug-likeness (QED) is 0.304. The Labute approximate surface area is 246 Å². The second-order valence-electron chi connectivity index (χ2n) is 13.6. The summed E-state index contributed by atoms with van der Waals surface area (Å²) in [6.45, 7) is 15.8. The number of rotatable bonds is 4. The third kappa shape index (κ3) is 7.99. The van der Waals surface area contributed by atoms with E-state index in [1.165, 1.54) is 14.0 Å². The molecule has 9 unspecified atom stereocenters. The van der Waals surface area contributed by atoms with Crippen LogP contribution < -0.4 is 0 Å². The van der Waals surface area contributed by atoms with Crippen molar-refractivity contribution in [3.05, 3.63) is 0 Å². The van der Waals surface area contributed by atoms with Gasteiger partial charge < -0.3 is 49.4 Å². The van der Waals surface area contributed by atoms with E-state index in [4.69, 9.17) is 18.9 Å². The zero-order chi connectivity index (χ0) is 31.7. The monoisotopic (exact) mass is 591 g/mol. The number of aliphatic hydroxyl groups is 5. The number of likely N-dealkylation sites (N-methyl/N-ethyl adjacent to an activating group) is 1. The highest BCUT2D eigenvalue weighted by molar-refractivity contribution is 5.73. The normalized spacial score (nSPS) is 50.0. The summed E-state index contributed by atoms with van der Waals surface area (Å²) in [7, 11) is 3.31. The number of carbonyl (C=O) groups is 1. The molecule has 2 fully saturated rings. The van der Waals surface area contributed by atoms with Crippen LogP contribution in [0.1, 0.15) is 88.0 Å². The van der Waals surface area contributed by atoms with E-state index >= 15 is 0 Å². The highest BCUT2D eigenvalue weighted by Gasteiger charge is 2.56. The number of carbonyl (C=O) groups excluding carboxylic acids is 1. The van der Waals surface area contributed by atoms with Gasteiger partial charge >= 0.3 is 5.97 Å². The summed E-state index contributed by atoms with van der Waals surface area (Å²) in [4.78, 5) is 15.5. The van der Waals surface area contributed by atoms with Crippen molar-refractivity contribution in [2.24, 2.45) is 17.8 Å². The summed E-state index contributed by atoms with van der Waals surface area (Å²) in [5.41, 5.74) is -4.27. The zero-order valence-corrected chi connectivity index (χ0v) is 27.0. The van der Waals surface area contributed by atoms with Crippen LogP contribution >= 0.6 is 0 Å². The van der Waals surface area contributed by atoms with Gasteiger partial charge in [0.1, 0.15) is 12.2 Å². The SMILES string of the molecule is CCC1(O)OC(=O)C(C)C(O[C@H]2C[C@@](C)(OC)[C@@H](O)[C@H](C)O2)C(C)CC(C)(O)CC(C)CN(C)C(C)C(O)C1(C)O. The summed E-state index contributed by atoms with van der Waals surface area (Å²) in [6, 6.07) is -0.609. The molecule has 11 nitrogen and oxygen atoms in total. The number of ether oxygens (including phenoxy) is 4. The fraction of sp³-hybridized carbons (Fsp3) is 0.967. The number of esters is 1. The van der Waals surface area contributed by atoms with Gasteiger partial charge in [0.05, 0.1) is 29.3 Å². The van der Waals surface area contributed by atoms with E-state index in [0.717, 1.165) is 0 Å². The largest absolute Gasteiger partial charge is 0.430 e. The average molecular weight is 592 g/mol. The predicted molar refractivity (Wildman–Crippen MR) is 153 cm³/mol. The van der Waals surface area contributed by atoms with Crippen molar-refractivity contribution in [2.75, 3.05) is 20.7 Å². The molecule has 2 rings (SSSR count). The van der Waals surface area contributed by atoms with Gasteiger partial charge in [-0.25, -0.2) is 0 Å². The standard InChI is InChI=1S/C30H57NO10/c1-12-30(37)29(9,36)24(32)20(5)31(10)16-17(2)13-27(7,35)14-18(3)23(19(4)26(34)41-30)40-22-15-28(8,38-11)25(33)21(6)39-22/h17-25,32-33,35-37H,12-16H2,1-11H3/t17?,18?,19?,20?,21-,22-,23?,24?,25-,27?,28+,29?,30?/m0/s1. The van der Waals surface area contributed by atoms with E-state index in [0.29, 0.717) is 19.4 Å². The molecule has 0 aliphatic carbocycles. The lowest BCUT2D eigenvalue weighted by Crippen LogP contribution is -2.65. The van der Waals surface area contributed by atoms with Gasteiger partial charge in [0, 0.05) is 32.5 Å². The lowest BCUT2D eigenvalue weighted by atomic mass is 9.80. The Hall–Kier alpha value is -0.890. The van der Waals surface area contributed by atoms with Gasteiger partial charge in [-0.3, -0.25) is 4.79 Å². The molecular formula is C30H57NO10. The van der Waals surface area contributed by atoms with Crippen LogP contribution in [0.5, 0.6) is 0 Å². The Morgan fingerprint density at radius 1 is 0.976 bits per heavy atom. The van der Waals surface area contributed by atoms with Crippen LogP contribution in [-0.4, -0.2) is 116 Å². The van der Waals surface area contributed by atoms with E-state index in [-0.39, 0.29) is 24.7 Å². The Kier molecular flexibility index (Phi) is 11.9. The number of hydrogen-bond donors (Lipinski definition) is 5. The molecule has 5 N–H and O–H groups in total. The maximum Gasteiger partial charge on any atom is 0.313 e. The molecule has 0 radical (unpaired) electrons. The summed E-state index contributed by atoms with van der Waals surface area (Å²) >= 11 is 0. The molecule has 41 heavy (non-hydrogen) atoms. The Bertz CT molecular complexity index is 870. The fourth-order valence-corrected chi connectivity index (χ4v) is 6.75. The van der Waals surface area contributed by atoms with Crippen LogP contribution in [0.2, 0.25) is 0 Å². The molecule has 0 aromatic rings. The van der Waals surface area contributed by atoms with Crippen molar-refractivity contribution < 1.29 is 49.3 Å².